The van der Waals surface area contributed by atoms with Gasteiger partial charge in [-0.25, -0.2) is 4.79 Å². The van der Waals surface area contributed by atoms with Crippen LogP contribution in [0.25, 0.3) is 0 Å². The van der Waals surface area contributed by atoms with Crippen molar-refractivity contribution in [3.63, 3.8) is 0 Å². The van der Waals surface area contributed by atoms with Crippen molar-refractivity contribution in [1.29, 1.82) is 0 Å². The molecule has 0 unspecified atom stereocenters. The molecule has 2 aromatic carbocycles. The minimum atomic E-state index is -0.489. The van der Waals surface area contributed by atoms with Gasteiger partial charge >= 0.3 is 6.03 Å². The lowest BCUT2D eigenvalue weighted by molar-refractivity contribution is -0.115. The Morgan fingerprint density at radius 1 is 1.00 bits per heavy atom. The van der Waals surface area contributed by atoms with Gasteiger partial charge in [-0.3, -0.25) is 9.59 Å². The van der Waals surface area contributed by atoms with Gasteiger partial charge in [-0.15, -0.1) is 0 Å². The van der Waals surface area contributed by atoms with Crippen LogP contribution in [0.1, 0.15) is 15.9 Å². The molecule has 1 aliphatic heterocycles. The van der Waals surface area contributed by atoms with Crippen LogP contribution in [0.5, 0.6) is 5.75 Å². The van der Waals surface area contributed by atoms with E-state index in [2.05, 4.69) is 20.9 Å². The number of rotatable bonds is 6. The van der Waals surface area contributed by atoms with Crippen molar-refractivity contribution in [3.8, 4) is 5.75 Å². The Morgan fingerprint density at radius 2 is 1.75 bits per heavy atom. The molecular weight excluding hydrogens is 410 g/mol. The molecule has 9 heteroatoms. The molecule has 3 N–H and O–H groups in total. The van der Waals surface area contributed by atoms with Crippen LogP contribution in [0.15, 0.2) is 42.5 Å². The van der Waals surface area contributed by atoms with Crippen LogP contribution in [0.3, 0.4) is 0 Å². The molecule has 3 rings (SSSR count). The molecule has 1 saturated heterocycles. The highest BCUT2D eigenvalue weighted by atomic mass is 16.5. The number of likely N-dealkylation sites (N-methyl/N-ethyl adjacent to an activating group) is 1. The van der Waals surface area contributed by atoms with Gasteiger partial charge < -0.3 is 30.5 Å². The third kappa shape index (κ3) is 6.21. The van der Waals surface area contributed by atoms with Gasteiger partial charge in [0.25, 0.3) is 5.91 Å². The molecule has 4 amide bonds. The maximum absolute atomic E-state index is 12.8. The maximum Gasteiger partial charge on any atom is 0.319 e. The first-order valence-corrected chi connectivity index (χ1v) is 10.4. The lowest BCUT2D eigenvalue weighted by Crippen LogP contribution is -2.47. The molecule has 0 radical (unpaired) electrons. The average molecular weight is 440 g/mol. The standard InChI is InChI=1S/C23H29N5O4/c1-16-5-4-6-18(13-16)25-23(31)24-15-21(29)26-19-14-17(7-8-20(19)32-3)22(30)28-11-9-27(2)10-12-28/h4-8,13-14H,9-12,15H2,1-3H3,(H,26,29)(H2,24,25,31). The number of methoxy groups -OCH3 is 1. The summed E-state index contributed by atoms with van der Waals surface area (Å²) in [7, 11) is 3.51. The number of aryl methyl sites for hydroxylation is 1. The van der Waals surface area contributed by atoms with E-state index in [0.29, 0.717) is 35.8 Å². The molecule has 170 valence electrons. The van der Waals surface area contributed by atoms with Crippen molar-refractivity contribution < 1.29 is 19.1 Å². The number of urea groups is 1. The summed E-state index contributed by atoms with van der Waals surface area (Å²) in [6, 6.07) is 11.8. The van der Waals surface area contributed by atoms with E-state index in [1.54, 1.807) is 29.2 Å². The van der Waals surface area contributed by atoms with Crippen LogP contribution in [-0.2, 0) is 4.79 Å². The minimum Gasteiger partial charge on any atom is -0.495 e. The van der Waals surface area contributed by atoms with Gasteiger partial charge in [0.1, 0.15) is 5.75 Å². The predicted molar refractivity (Wildman–Crippen MR) is 123 cm³/mol. The molecule has 32 heavy (non-hydrogen) atoms. The third-order valence-electron chi connectivity index (χ3n) is 5.20. The Kier molecular flexibility index (Phi) is 7.67. The van der Waals surface area contributed by atoms with E-state index in [-0.39, 0.29) is 12.5 Å². The van der Waals surface area contributed by atoms with E-state index in [0.717, 1.165) is 18.7 Å². The van der Waals surface area contributed by atoms with Crippen LogP contribution in [0.2, 0.25) is 0 Å². The largest absolute Gasteiger partial charge is 0.495 e. The number of amides is 4. The number of carbonyl (C=O) groups is 3. The van der Waals surface area contributed by atoms with Gasteiger partial charge in [0.2, 0.25) is 5.91 Å². The zero-order chi connectivity index (χ0) is 23.1. The molecule has 0 bridgehead atoms. The van der Waals surface area contributed by atoms with E-state index in [9.17, 15) is 14.4 Å². The van der Waals surface area contributed by atoms with Crippen LogP contribution >= 0.6 is 0 Å². The molecular formula is C23H29N5O4. The van der Waals surface area contributed by atoms with Crippen LogP contribution < -0.4 is 20.7 Å². The molecule has 1 heterocycles. The van der Waals surface area contributed by atoms with Gasteiger partial charge in [0.15, 0.2) is 0 Å². The topological polar surface area (TPSA) is 103 Å². The number of benzene rings is 2. The molecule has 0 spiro atoms. The number of ether oxygens (including phenoxy) is 1. The summed E-state index contributed by atoms with van der Waals surface area (Å²) in [5, 5.41) is 7.91. The lowest BCUT2D eigenvalue weighted by atomic mass is 10.1. The van der Waals surface area contributed by atoms with E-state index < -0.39 is 11.9 Å². The SMILES string of the molecule is COc1ccc(C(=O)N2CCN(C)CC2)cc1NC(=O)CNC(=O)Nc1cccc(C)c1. The van der Waals surface area contributed by atoms with Crippen LogP contribution in [-0.4, -0.2) is 74.5 Å². The van der Waals surface area contributed by atoms with Crippen molar-refractivity contribution in [2.45, 2.75) is 6.92 Å². The van der Waals surface area contributed by atoms with E-state index in [1.165, 1.54) is 7.11 Å². The van der Waals surface area contributed by atoms with Crippen LogP contribution in [0.4, 0.5) is 16.2 Å². The monoisotopic (exact) mass is 439 g/mol. The number of nitrogens with one attached hydrogen (secondary N) is 3. The number of carbonyl (C=O) groups excluding carboxylic acids is 3. The van der Waals surface area contributed by atoms with Crippen molar-refractivity contribution in [2.24, 2.45) is 0 Å². The van der Waals surface area contributed by atoms with Crippen molar-refractivity contribution in [2.75, 3.05) is 57.5 Å². The normalized spacial score (nSPS) is 13.9. The Balaban J connectivity index is 1.59. The molecule has 0 aliphatic carbocycles. The fourth-order valence-electron chi connectivity index (χ4n) is 3.38. The van der Waals surface area contributed by atoms with Crippen molar-refractivity contribution in [1.82, 2.24) is 15.1 Å². The number of nitrogens with zero attached hydrogens (tertiary/aromatic N) is 2. The predicted octanol–water partition coefficient (Wildman–Crippen LogP) is 2.15. The van der Waals surface area contributed by atoms with E-state index >= 15 is 0 Å². The van der Waals surface area contributed by atoms with Gasteiger partial charge in [-0.1, -0.05) is 12.1 Å². The van der Waals surface area contributed by atoms with Crippen LogP contribution in [0, 0.1) is 6.92 Å². The molecule has 0 saturated carbocycles. The van der Waals surface area contributed by atoms with Gasteiger partial charge in [0, 0.05) is 37.4 Å². The molecule has 1 aliphatic rings. The van der Waals surface area contributed by atoms with E-state index in [1.807, 2.05) is 32.2 Å². The summed E-state index contributed by atoms with van der Waals surface area (Å²) >= 11 is 0. The second kappa shape index (κ2) is 10.6. The first kappa shape index (κ1) is 23.1. The van der Waals surface area contributed by atoms with Crippen molar-refractivity contribution >= 4 is 29.2 Å². The number of hydrogen-bond donors (Lipinski definition) is 3. The smallest absolute Gasteiger partial charge is 0.319 e. The maximum atomic E-state index is 12.8. The minimum absolute atomic E-state index is 0.0908. The Hall–Kier alpha value is -3.59. The molecule has 0 atom stereocenters. The third-order valence-corrected chi connectivity index (χ3v) is 5.20. The van der Waals surface area contributed by atoms with Crippen molar-refractivity contribution in [3.05, 3.63) is 53.6 Å². The number of anilines is 2. The summed E-state index contributed by atoms with van der Waals surface area (Å²) in [4.78, 5) is 41.3. The fraction of sp³-hybridized carbons (Fsp3) is 0.348. The van der Waals surface area contributed by atoms with Gasteiger partial charge in [-0.05, 0) is 49.9 Å². The summed E-state index contributed by atoms with van der Waals surface area (Å²) in [5.74, 6) is -0.101. The number of piperazine rings is 1. The van der Waals surface area contributed by atoms with E-state index in [4.69, 9.17) is 4.74 Å². The first-order valence-electron chi connectivity index (χ1n) is 10.4. The Morgan fingerprint density at radius 3 is 2.44 bits per heavy atom. The second-order valence-corrected chi connectivity index (χ2v) is 7.74. The quantitative estimate of drug-likeness (QED) is 0.640. The summed E-state index contributed by atoms with van der Waals surface area (Å²) in [5.41, 5.74) is 2.49. The zero-order valence-corrected chi connectivity index (χ0v) is 18.6. The molecule has 2 aromatic rings. The molecule has 9 nitrogen and oxygen atoms in total. The second-order valence-electron chi connectivity index (χ2n) is 7.74. The van der Waals surface area contributed by atoms with Gasteiger partial charge in [-0.2, -0.15) is 0 Å². The average Bonchev–Trinajstić information content (AvgIpc) is 2.78. The summed E-state index contributed by atoms with van der Waals surface area (Å²) < 4.78 is 5.31. The molecule has 1 fully saturated rings. The fourth-order valence-corrected chi connectivity index (χ4v) is 3.38. The highest BCUT2D eigenvalue weighted by Crippen LogP contribution is 2.26. The lowest BCUT2D eigenvalue weighted by Gasteiger charge is -2.32. The highest BCUT2D eigenvalue weighted by molar-refractivity contribution is 6.00. The summed E-state index contributed by atoms with van der Waals surface area (Å²) in [6.45, 7) is 4.64. The Bertz CT molecular complexity index is 986. The van der Waals surface area contributed by atoms with Gasteiger partial charge in [0.05, 0.1) is 19.3 Å². The summed E-state index contributed by atoms with van der Waals surface area (Å²) in [6.07, 6.45) is 0. The Labute approximate surface area is 187 Å². The molecule has 0 aromatic heterocycles. The number of hydrogen-bond acceptors (Lipinski definition) is 5. The highest BCUT2D eigenvalue weighted by Gasteiger charge is 2.21. The first-order chi connectivity index (χ1) is 15.4. The zero-order valence-electron chi connectivity index (χ0n) is 18.6.